The number of aromatic nitrogens is 4. The number of hydrogen-bond donors (Lipinski definition) is 0. The second kappa shape index (κ2) is 8.21. The summed E-state index contributed by atoms with van der Waals surface area (Å²) in [6.45, 7) is 5.94. The Morgan fingerprint density at radius 2 is 1.76 bits per heavy atom. The minimum atomic E-state index is -0.114. The van der Waals surface area contributed by atoms with Crippen molar-refractivity contribution in [3.63, 3.8) is 0 Å². The molecule has 0 saturated carbocycles. The number of likely N-dealkylation sites (tertiary alicyclic amines) is 1. The van der Waals surface area contributed by atoms with Gasteiger partial charge in [-0.1, -0.05) is 18.2 Å². The van der Waals surface area contributed by atoms with E-state index in [4.69, 9.17) is 9.84 Å². The first kappa shape index (κ1) is 19.4. The Hall–Kier alpha value is -2.93. The predicted molar refractivity (Wildman–Crippen MR) is 113 cm³/mol. The zero-order valence-corrected chi connectivity index (χ0v) is 17.2. The minimum Gasteiger partial charge on any atom is -0.473 e. The van der Waals surface area contributed by atoms with Gasteiger partial charge in [-0.3, -0.25) is 4.79 Å². The standard InChI is InChI=1S/C22H27N5O2/c1-16(2)26-22(28)10-9-19(23-26)20-15-21(29-18-11-13-25(3)14-12-18)24-27(20)17-7-5-4-6-8-17/h4-10,15-16,18H,11-14H2,1-3H3. The van der Waals surface area contributed by atoms with Crippen molar-refractivity contribution in [3.05, 3.63) is 58.9 Å². The lowest BCUT2D eigenvalue weighted by molar-refractivity contribution is 0.109. The van der Waals surface area contributed by atoms with Crippen molar-refractivity contribution >= 4 is 0 Å². The van der Waals surface area contributed by atoms with Crippen LogP contribution in [0.3, 0.4) is 0 Å². The average Bonchev–Trinajstić information content (AvgIpc) is 3.14. The summed E-state index contributed by atoms with van der Waals surface area (Å²) in [5.74, 6) is 0.586. The summed E-state index contributed by atoms with van der Waals surface area (Å²) >= 11 is 0. The maximum absolute atomic E-state index is 12.1. The van der Waals surface area contributed by atoms with Gasteiger partial charge >= 0.3 is 0 Å². The van der Waals surface area contributed by atoms with Crippen LogP contribution in [0.2, 0.25) is 0 Å². The molecule has 1 fully saturated rings. The second-order valence-corrected chi connectivity index (χ2v) is 7.83. The molecule has 0 atom stereocenters. The van der Waals surface area contributed by atoms with Crippen molar-refractivity contribution in [1.29, 1.82) is 0 Å². The lowest BCUT2D eigenvalue weighted by Crippen LogP contribution is -2.35. The Morgan fingerprint density at radius 1 is 1.03 bits per heavy atom. The van der Waals surface area contributed by atoms with Crippen molar-refractivity contribution in [1.82, 2.24) is 24.5 Å². The maximum Gasteiger partial charge on any atom is 0.267 e. The number of piperidine rings is 1. The quantitative estimate of drug-likeness (QED) is 0.666. The second-order valence-electron chi connectivity index (χ2n) is 7.83. The molecule has 1 aromatic carbocycles. The summed E-state index contributed by atoms with van der Waals surface area (Å²) in [5, 5.41) is 9.30. The SMILES string of the molecule is CC(C)n1nc(-c2cc(OC3CCN(C)CC3)nn2-c2ccccc2)ccc1=O. The predicted octanol–water partition coefficient (Wildman–Crippen LogP) is 3.15. The first-order valence-electron chi connectivity index (χ1n) is 10.1. The van der Waals surface area contributed by atoms with Crippen LogP contribution in [0, 0.1) is 0 Å². The first-order valence-corrected chi connectivity index (χ1v) is 10.1. The molecule has 0 spiro atoms. The van der Waals surface area contributed by atoms with Gasteiger partial charge in [-0.15, -0.1) is 5.10 Å². The molecule has 0 N–H and O–H groups in total. The molecule has 7 nitrogen and oxygen atoms in total. The van der Waals surface area contributed by atoms with Crippen LogP contribution in [-0.2, 0) is 0 Å². The molecule has 7 heteroatoms. The molecule has 0 unspecified atom stereocenters. The fourth-order valence-corrected chi connectivity index (χ4v) is 3.57. The van der Waals surface area contributed by atoms with Gasteiger partial charge in [0.25, 0.3) is 5.56 Å². The summed E-state index contributed by atoms with van der Waals surface area (Å²) in [6.07, 6.45) is 2.14. The van der Waals surface area contributed by atoms with Gasteiger partial charge < -0.3 is 9.64 Å². The highest BCUT2D eigenvalue weighted by Crippen LogP contribution is 2.27. The van der Waals surface area contributed by atoms with E-state index in [1.807, 2.05) is 54.9 Å². The van der Waals surface area contributed by atoms with Crippen LogP contribution in [0.25, 0.3) is 17.1 Å². The topological polar surface area (TPSA) is 65.2 Å². The van der Waals surface area contributed by atoms with Crippen LogP contribution in [0.15, 0.2) is 53.3 Å². The van der Waals surface area contributed by atoms with E-state index in [1.165, 1.54) is 4.68 Å². The molecule has 0 aliphatic carbocycles. The zero-order valence-electron chi connectivity index (χ0n) is 17.2. The Morgan fingerprint density at radius 3 is 2.45 bits per heavy atom. The summed E-state index contributed by atoms with van der Waals surface area (Å²) in [7, 11) is 2.13. The number of nitrogens with zero attached hydrogens (tertiary/aromatic N) is 5. The number of rotatable bonds is 5. The molecule has 0 bridgehead atoms. The molecule has 0 radical (unpaired) electrons. The highest BCUT2D eigenvalue weighted by atomic mass is 16.5. The van der Waals surface area contributed by atoms with E-state index in [0.717, 1.165) is 37.3 Å². The van der Waals surface area contributed by atoms with Gasteiger partial charge in [0.1, 0.15) is 11.8 Å². The fraction of sp³-hybridized carbons (Fsp3) is 0.409. The van der Waals surface area contributed by atoms with Gasteiger partial charge in [0.15, 0.2) is 0 Å². The minimum absolute atomic E-state index is 0.0227. The maximum atomic E-state index is 12.1. The van der Waals surface area contributed by atoms with E-state index in [9.17, 15) is 4.79 Å². The molecule has 0 amide bonds. The number of para-hydroxylation sites is 1. The molecular weight excluding hydrogens is 366 g/mol. The van der Waals surface area contributed by atoms with Gasteiger partial charge in [0.2, 0.25) is 5.88 Å². The molecule has 29 heavy (non-hydrogen) atoms. The van der Waals surface area contributed by atoms with Crippen LogP contribution in [-0.4, -0.2) is 50.7 Å². The van der Waals surface area contributed by atoms with Gasteiger partial charge in [-0.25, -0.2) is 9.36 Å². The van der Waals surface area contributed by atoms with Crippen molar-refractivity contribution in [3.8, 4) is 23.0 Å². The van der Waals surface area contributed by atoms with E-state index in [0.29, 0.717) is 11.6 Å². The number of benzene rings is 1. The Bertz CT molecular complexity index is 1020. The molecule has 3 aromatic rings. The van der Waals surface area contributed by atoms with E-state index in [2.05, 4.69) is 17.0 Å². The van der Waals surface area contributed by atoms with E-state index in [1.54, 1.807) is 12.1 Å². The zero-order chi connectivity index (χ0) is 20.4. The van der Waals surface area contributed by atoms with Crippen molar-refractivity contribution in [2.24, 2.45) is 0 Å². The van der Waals surface area contributed by atoms with E-state index < -0.39 is 0 Å². The Balaban J connectivity index is 1.73. The molecule has 1 saturated heterocycles. The lowest BCUT2D eigenvalue weighted by atomic mass is 10.1. The Kier molecular flexibility index (Phi) is 5.49. The summed E-state index contributed by atoms with van der Waals surface area (Å²) < 4.78 is 9.54. The molecule has 2 aromatic heterocycles. The van der Waals surface area contributed by atoms with Gasteiger partial charge in [0.05, 0.1) is 17.4 Å². The van der Waals surface area contributed by atoms with Gasteiger partial charge in [-0.05, 0) is 51.9 Å². The largest absolute Gasteiger partial charge is 0.473 e. The molecule has 4 rings (SSSR count). The summed E-state index contributed by atoms with van der Waals surface area (Å²) in [4.78, 5) is 14.5. The molecule has 1 aliphatic heterocycles. The van der Waals surface area contributed by atoms with Crippen LogP contribution in [0.1, 0.15) is 32.7 Å². The molecule has 152 valence electrons. The monoisotopic (exact) mass is 393 g/mol. The highest BCUT2D eigenvalue weighted by Gasteiger charge is 2.21. The number of ether oxygens (including phenoxy) is 1. The average molecular weight is 393 g/mol. The smallest absolute Gasteiger partial charge is 0.267 e. The van der Waals surface area contributed by atoms with E-state index >= 15 is 0 Å². The van der Waals surface area contributed by atoms with Crippen LogP contribution >= 0.6 is 0 Å². The van der Waals surface area contributed by atoms with Crippen LogP contribution in [0.4, 0.5) is 0 Å². The number of hydrogen-bond acceptors (Lipinski definition) is 5. The Labute approximate surface area is 170 Å². The van der Waals surface area contributed by atoms with Crippen LogP contribution in [0.5, 0.6) is 5.88 Å². The van der Waals surface area contributed by atoms with Gasteiger partial charge in [-0.2, -0.15) is 5.10 Å². The van der Waals surface area contributed by atoms with E-state index in [-0.39, 0.29) is 17.7 Å². The van der Waals surface area contributed by atoms with Crippen molar-refractivity contribution < 1.29 is 4.74 Å². The third-order valence-corrected chi connectivity index (χ3v) is 5.22. The molecule has 1 aliphatic rings. The molecular formula is C22H27N5O2. The fourth-order valence-electron chi connectivity index (χ4n) is 3.57. The van der Waals surface area contributed by atoms with Gasteiger partial charge in [0, 0.05) is 25.2 Å². The highest BCUT2D eigenvalue weighted by molar-refractivity contribution is 5.59. The molecule has 3 heterocycles. The van der Waals surface area contributed by atoms with Crippen LogP contribution < -0.4 is 10.3 Å². The summed E-state index contributed by atoms with van der Waals surface area (Å²) in [5.41, 5.74) is 2.29. The van der Waals surface area contributed by atoms with Crippen molar-refractivity contribution in [2.45, 2.75) is 38.8 Å². The third-order valence-electron chi connectivity index (χ3n) is 5.22. The lowest BCUT2D eigenvalue weighted by Gasteiger charge is -2.28. The normalized spacial score (nSPS) is 15.7. The van der Waals surface area contributed by atoms with Crippen molar-refractivity contribution in [2.75, 3.05) is 20.1 Å². The first-order chi connectivity index (χ1) is 14.0. The summed E-state index contributed by atoms with van der Waals surface area (Å²) in [6, 6.07) is 15.1. The third kappa shape index (κ3) is 4.24.